The lowest BCUT2D eigenvalue weighted by molar-refractivity contribution is 0.0903. The van der Waals surface area contributed by atoms with Gasteiger partial charge in [0.05, 0.1) is 5.56 Å². The second kappa shape index (κ2) is 13.9. The van der Waals surface area contributed by atoms with E-state index < -0.39 is 0 Å². The maximum absolute atomic E-state index is 13.4. The Morgan fingerprint density at radius 1 is 1.12 bits per heavy atom. The van der Waals surface area contributed by atoms with Gasteiger partial charge in [-0.25, -0.2) is 9.66 Å². The van der Waals surface area contributed by atoms with Gasteiger partial charge in [0.1, 0.15) is 0 Å². The zero-order valence-corrected chi connectivity index (χ0v) is 21.9. The lowest BCUT2D eigenvalue weighted by atomic mass is 10.1. The Morgan fingerprint density at radius 2 is 1.79 bits per heavy atom. The summed E-state index contributed by atoms with van der Waals surface area (Å²) in [5.74, 6) is 0.872. The zero-order valence-electron chi connectivity index (χ0n) is 21.2. The van der Waals surface area contributed by atoms with Crippen LogP contribution in [0.2, 0.25) is 5.02 Å². The average molecular weight is 488 g/mol. The maximum Gasteiger partial charge on any atom is 0.278 e. The topological polar surface area (TPSA) is 81.1 Å². The maximum atomic E-state index is 13.4. The van der Waals surface area contributed by atoms with Crippen molar-refractivity contribution in [2.75, 3.05) is 30.5 Å². The van der Waals surface area contributed by atoms with Gasteiger partial charge in [-0.3, -0.25) is 4.79 Å². The van der Waals surface area contributed by atoms with Crippen molar-refractivity contribution in [3.63, 3.8) is 0 Å². The molecule has 2 aromatic heterocycles. The summed E-state index contributed by atoms with van der Waals surface area (Å²) < 4.78 is 6.93. The lowest BCUT2D eigenvalue weighted by Crippen LogP contribution is -2.33. The quantitative estimate of drug-likeness (QED) is 0.446. The molecule has 0 amide bonds. The van der Waals surface area contributed by atoms with E-state index in [1.807, 2.05) is 52.0 Å². The van der Waals surface area contributed by atoms with Crippen LogP contribution in [0.1, 0.15) is 54.4 Å². The van der Waals surface area contributed by atoms with Crippen molar-refractivity contribution in [1.82, 2.24) is 14.6 Å². The van der Waals surface area contributed by atoms with Crippen LogP contribution < -0.4 is 16.3 Å². The van der Waals surface area contributed by atoms with Crippen LogP contribution in [0.25, 0.3) is 22.2 Å². The number of halogens is 1. The summed E-state index contributed by atoms with van der Waals surface area (Å²) in [6.07, 6.45) is 3.56. The first kappa shape index (κ1) is 27.6. The van der Waals surface area contributed by atoms with E-state index in [0.717, 1.165) is 31.4 Å². The fraction of sp³-hybridized carbons (Fsp3) is 0.500. The van der Waals surface area contributed by atoms with E-state index in [-0.39, 0.29) is 11.6 Å². The molecule has 0 saturated carbocycles. The fourth-order valence-electron chi connectivity index (χ4n) is 3.48. The van der Waals surface area contributed by atoms with Crippen molar-refractivity contribution in [1.29, 1.82) is 0 Å². The summed E-state index contributed by atoms with van der Waals surface area (Å²) in [6, 6.07) is 9.42. The molecule has 1 saturated heterocycles. The molecule has 1 aliphatic heterocycles. The molecule has 1 fully saturated rings. The molecule has 0 unspecified atom stereocenters. The molecule has 3 aromatic rings. The molecule has 3 heterocycles. The number of benzene rings is 1. The molecular formula is C26H38ClN5O2. The highest BCUT2D eigenvalue weighted by atomic mass is 35.5. The Morgan fingerprint density at radius 3 is 2.44 bits per heavy atom. The number of aromatic nitrogens is 3. The minimum atomic E-state index is -0.188. The second-order valence-corrected chi connectivity index (χ2v) is 8.35. The molecule has 0 aliphatic carbocycles. The molecule has 7 nitrogen and oxygen atoms in total. The molecule has 1 aromatic carbocycles. The standard InChI is InChI=1S/C22H26ClN5O2.2C2H6/c1-14(2)12-25-28-20-15(11-18(21(28)29)17-5-3-4-6-19(17)23)13-24-22(27-20)26-16-7-9-30-10-8-16;2*1-2/h3-6,11,13-14,16,25H,7-10,12H2,1-2H3,(H,24,26,27);2*1-2H3. The van der Waals surface area contributed by atoms with E-state index in [4.69, 9.17) is 16.3 Å². The van der Waals surface area contributed by atoms with Crippen LogP contribution in [0.5, 0.6) is 0 Å². The van der Waals surface area contributed by atoms with Crippen molar-refractivity contribution in [2.45, 2.75) is 60.4 Å². The number of nitrogens with zero attached hydrogens (tertiary/aromatic N) is 3. The van der Waals surface area contributed by atoms with E-state index in [1.165, 1.54) is 4.68 Å². The molecule has 8 heteroatoms. The Kier molecular flexibility index (Phi) is 11.3. The van der Waals surface area contributed by atoms with Crippen LogP contribution in [0.3, 0.4) is 0 Å². The number of rotatable bonds is 6. The van der Waals surface area contributed by atoms with Gasteiger partial charge in [-0.2, -0.15) is 4.98 Å². The third-order valence-corrected chi connectivity index (χ3v) is 5.45. The molecular weight excluding hydrogens is 450 g/mol. The van der Waals surface area contributed by atoms with Crippen molar-refractivity contribution in [3.05, 3.63) is 51.9 Å². The van der Waals surface area contributed by atoms with E-state index in [0.29, 0.717) is 40.2 Å². The monoisotopic (exact) mass is 487 g/mol. The van der Waals surface area contributed by atoms with Gasteiger partial charge in [-0.1, -0.05) is 71.3 Å². The van der Waals surface area contributed by atoms with Crippen LogP contribution in [-0.4, -0.2) is 40.4 Å². The number of fused-ring (bicyclic) bond motifs is 1. The Hall–Kier alpha value is -2.64. The first-order valence-corrected chi connectivity index (χ1v) is 12.7. The van der Waals surface area contributed by atoms with E-state index in [1.54, 1.807) is 12.3 Å². The third-order valence-electron chi connectivity index (χ3n) is 5.12. The largest absolute Gasteiger partial charge is 0.381 e. The number of hydrogen-bond donors (Lipinski definition) is 2. The third kappa shape index (κ3) is 6.93. The second-order valence-electron chi connectivity index (χ2n) is 7.94. The number of ether oxygens (including phenoxy) is 1. The predicted octanol–water partition coefficient (Wildman–Crippen LogP) is 5.95. The van der Waals surface area contributed by atoms with Crippen molar-refractivity contribution < 1.29 is 4.74 Å². The van der Waals surface area contributed by atoms with Gasteiger partial charge in [-0.05, 0) is 30.9 Å². The van der Waals surface area contributed by atoms with Gasteiger partial charge in [0.15, 0.2) is 5.65 Å². The van der Waals surface area contributed by atoms with Crippen LogP contribution >= 0.6 is 11.6 Å². The highest BCUT2D eigenvalue weighted by Gasteiger charge is 2.18. The number of hydrogen-bond acceptors (Lipinski definition) is 6. The van der Waals surface area contributed by atoms with E-state index in [9.17, 15) is 4.79 Å². The molecule has 2 N–H and O–H groups in total. The Bertz CT molecular complexity index is 1090. The molecule has 186 valence electrons. The average Bonchev–Trinajstić information content (AvgIpc) is 2.87. The minimum absolute atomic E-state index is 0.188. The molecule has 1 aliphatic rings. The van der Waals surface area contributed by atoms with Gasteiger partial charge in [-0.15, -0.1) is 0 Å². The van der Waals surface area contributed by atoms with E-state index >= 15 is 0 Å². The van der Waals surface area contributed by atoms with Gasteiger partial charge in [0, 0.05) is 48.0 Å². The number of pyridine rings is 1. The molecule has 0 atom stereocenters. The van der Waals surface area contributed by atoms with Crippen LogP contribution in [0.4, 0.5) is 5.95 Å². The minimum Gasteiger partial charge on any atom is -0.381 e. The SMILES string of the molecule is CC.CC.CC(C)CNn1c(=O)c(-c2ccccc2Cl)cc2cnc(NC3CCOCC3)nc21. The van der Waals surface area contributed by atoms with Gasteiger partial charge in [0.2, 0.25) is 5.95 Å². The molecule has 0 bridgehead atoms. The van der Waals surface area contributed by atoms with E-state index in [2.05, 4.69) is 34.6 Å². The van der Waals surface area contributed by atoms with Gasteiger partial charge >= 0.3 is 0 Å². The summed E-state index contributed by atoms with van der Waals surface area (Å²) in [6.45, 7) is 14.3. The summed E-state index contributed by atoms with van der Waals surface area (Å²) in [5, 5.41) is 4.67. The summed E-state index contributed by atoms with van der Waals surface area (Å²) in [4.78, 5) is 22.5. The first-order valence-electron chi connectivity index (χ1n) is 12.3. The first-order chi connectivity index (χ1) is 16.5. The van der Waals surface area contributed by atoms with Gasteiger partial charge in [0.25, 0.3) is 5.56 Å². The smallest absolute Gasteiger partial charge is 0.278 e. The van der Waals surface area contributed by atoms with Crippen LogP contribution in [0, 0.1) is 5.92 Å². The Balaban J connectivity index is 0.000000970. The van der Waals surface area contributed by atoms with Crippen LogP contribution in [-0.2, 0) is 4.74 Å². The van der Waals surface area contributed by atoms with Crippen LogP contribution in [0.15, 0.2) is 41.3 Å². The summed E-state index contributed by atoms with van der Waals surface area (Å²) in [7, 11) is 0. The summed E-state index contributed by atoms with van der Waals surface area (Å²) in [5.41, 5.74) is 4.80. The van der Waals surface area contributed by atoms with Crippen molar-refractivity contribution in [3.8, 4) is 11.1 Å². The molecule has 0 spiro atoms. The van der Waals surface area contributed by atoms with Crippen molar-refractivity contribution in [2.24, 2.45) is 5.92 Å². The number of anilines is 1. The Labute approximate surface area is 207 Å². The zero-order chi connectivity index (χ0) is 25.1. The fourth-order valence-corrected chi connectivity index (χ4v) is 3.72. The predicted molar refractivity (Wildman–Crippen MR) is 143 cm³/mol. The van der Waals surface area contributed by atoms with Gasteiger partial charge < -0.3 is 15.5 Å². The lowest BCUT2D eigenvalue weighted by Gasteiger charge is -2.23. The normalized spacial score (nSPS) is 13.5. The summed E-state index contributed by atoms with van der Waals surface area (Å²) >= 11 is 6.38. The van der Waals surface area contributed by atoms with Crippen molar-refractivity contribution >= 4 is 28.6 Å². The molecule has 4 rings (SSSR count). The highest BCUT2D eigenvalue weighted by molar-refractivity contribution is 6.33. The molecule has 0 radical (unpaired) electrons. The highest BCUT2D eigenvalue weighted by Crippen LogP contribution is 2.27. The molecule has 34 heavy (non-hydrogen) atoms. The number of nitrogens with one attached hydrogen (secondary N) is 2.